The summed E-state index contributed by atoms with van der Waals surface area (Å²) >= 11 is 0. The lowest BCUT2D eigenvalue weighted by molar-refractivity contribution is 0.0632. The highest BCUT2D eigenvalue weighted by atomic mass is 32.2. The number of rotatable bonds is 6. The Bertz CT molecular complexity index is 554. The quantitative estimate of drug-likeness (QED) is 0.876. The fraction of sp³-hybridized carbons (Fsp3) is 0.600. The van der Waals surface area contributed by atoms with Crippen molar-refractivity contribution in [1.29, 1.82) is 0 Å². The zero-order valence-electron chi connectivity index (χ0n) is 12.7. The molecule has 21 heavy (non-hydrogen) atoms. The zero-order valence-corrected chi connectivity index (χ0v) is 13.5. The second-order valence-electron chi connectivity index (χ2n) is 5.29. The van der Waals surface area contributed by atoms with Crippen molar-refractivity contribution in [3.63, 3.8) is 0 Å². The second kappa shape index (κ2) is 7.24. The number of benzene rings is 1. The fourth-order valence-corrected chi connectivity index (χ4v) is 4.08. The van der Waals surface area contributed by atoms with E-state index >= 15 is 0 Å². The Kier molecular flexibility index (Phi) is 5.61. The number of para-hydroxylation sites is 1. The minimum absolute atomic E-state index is 0.0166. The lowest BCUT2D eigenvalue weighted by Crippen LogP contribution is -2.40. The summed E-state index contributed by atoms with van der Waals surface area (Å²) in [4.78, 5) is 0.354. The van der Waals surface area contributed by atoms with Crippen molar-refractivity contribution in [1.82, 2.24) is 4.31 Å². The first kappa shape index (κ1) is 16.3. The number of nitrogens with zero attached hydrogens (tertiary/aromatic N) is 1. The van der Waals surface area contributed by atoms with Gasteiger partial charge in [0.15, 0.2) is 0 Å². The van der Waals surface area contributed by atoms with Crippen molar-refractivity contribution in [2.75, 3.05) is 32.1 Å². The second-order valence-corrected chi connectivity index (χ2v) is 7.25. The average molecular weight is 312 g/mol. The van der Waals surface area contributed by atoms with Crippen LogP contribution >= 0.6 is 0 Å². The lowest BCUT2D eigenvalue weighted by Gasteiger charge is -2.31. The standard InChI is InChI=1S/C15H24N2O3S/c1-3-10-16-14-6-4-5-7-15(14)21(18,19)17(2)13-8-11-20-12-9-13/h4-7,13,16H,3,8-12H2,1-2H3. The molecule has 118 valence electrons. The summed E-state index contributed by atoms with van der Waals surface area (Å²) in [5.74, 6) is 0. The van der Waals surface area contributed by atoms with Gasteiger partial charge in [0.1, 0.15) is 4.90 Å². The summed E-state index contributed by atoms with van der Waals surface area (Å²) < 4.78 is 32.5. The summed E-state index contributed by atoms with van der Waals surface area (Å²) in [6.07, 6.45) is 2.45. The molecular formula is C15H24N2O3S. The Balaban J connectivity index is 2.25. The van der Waals surface area contributed by atoms with Gasteiger partial charge in [0.05, 0.1) is 5.69 Å². The molecule has 0 bridgehead atoms. The molecule has 6 heteroatoms. The van der Waals surface area contributed by atoms with Crippen LogP contribution in [0.15, 0.2) is 29.2 Å². The van der Waals surface area contributed by atoms with Crippen molar-refractivity contribution in [2.24, 2.45) is 0 Å². The molecule has 0 unspecified atom stereocenters. The monoisotopic (exact) mass is 312 g/mol. The van der Waals surface area contributed by atoms with Gasteiger partial charge < -0.3 is 10.1 Å². The van der Waals surface area contributed by atoms with E-state index in [4.69, 9.17) is 4.74 Å². The molecule has 1 aromatic carbocycles. The Morgan fingerprint density at radius 1 is 1.29 bits per heavy atom. The van der Waals surface area contributed by atoms with E-state index in [0.717, 1.165) is 25.8 Å². The van der Waals surface area contributed by atoms with Crippen LogP contribution in [0.1, 0.15) is 26.2 Å². The van der Waals surface area contributed by atoms with E-state index in [2.05, 4.69) is 12.2 Å². The van der Waals surface area contributed by atoms with Crippen molar-refractivity contribution in [3.8, 4) is 0 Å². The first-order valence-electron chi connectivity index (χ1n) is 7.46. The number of sulfonamides is 1. The summed E-state index contributed by atoms with van der Waals surface area (Å²) in [6, 6.07) is 7.12. The average Bonchev–Trinajstić information content (AvgIpc) is 2.53. The molecule has 1 heterocycles. The molecule has 0 aliphatic carbocycles. The number of hydrogen-bond donors (Lipinski definition) is 1. The molecule has 0 aromatic heterocycles. The number of anilines is 1. The van der Waals surface area contributed by atoms with Crippen molar-refractivity contribution in [2.45, 2.75) is 37.1 Å². The first-order valence-corrected chi connectivity index (χ1v) is 8.90. The Morgan fingerprint density at radius 2 is 1.95 bits per heavy atom. The number of ether oxygens (including phenoxy) is 1. The maximum Gasteiger partial charge on any atom is 0.245 e. The molecule has 1 fully saturated rings. The highest BCUT2D eigenvalue weighted by Crippen LogP contribution is 2.27. The van der Waals surface area contributed by atoms with Crippen LogP contribution in [0.4, 0.5) is 5.69 Å². The third kappa shape index (κ3) is 3.75. The van der Waals surface area contributed by atoms with Gasteiger partial charge in [-0.1, -0.05) is 19.1 Å². The van der Waals surface area contributed by atoms with Gasteiger partial charge in [-0.2, -0.15) is 4.31 Å². The molecular weight excluding hydrogens is 288 g/mol. The molecule has 2 rings (SSSR count). The van der Waals surface area contributed by atoms with E-state index in [-0.39, 0.29) is 6.04 Å². The van der Waals surface area contributed by atoms with Gasteiger partial charge in [0.25, 0.3) is 0 Å². The molecule has 1 N–H and O–H groups in total. The van der Waals surface area contributed by atoms with Crippen LogP contribution in [-0.4, -0.2) is 45.6 Å². The molecule has 0 amide bonds. The fourth-order valence-electron chi connectivity index (χ4n) is 2.50. The van der Waals surface area contributed by atoms with E-state index < -0.39 is 10.0 Å². The minimum atomic E-state index is -3.48. The van der Waals surface area contributed by atoms with Crippen LogP contribution in [0.25, 0.3) is 0 Å². The number of nitrogens with one attached hydrogen (secondary N) is 1. The molecule has 1 saturated heterocycles. The van der Waals surface area contributed by atoms with Crippen molar-refractivity contribution in [3.05, 3.63) is 24.3 Å². The lowest BCUT2D eigenvalue weighted by atomic mass is 10.1. The van der Waals surface area contributed by atoms with E-state index in [9.17, 15) is 8.42 Å². The van der Waals surface area contributed by atoms with Gasteiger partial charge in [-0.05, 0) is 31.4 Å². The zero-order chi connectivity index (χ0) is 15.3. The smallest absolute Gasteiger partial charge is 0.245 e. The summed E-state index contributed by atoms with van der Waals surface area (Å²) in [5.41, 5.74) is 0.679. The van der Waals surface area contributed by atoms with Gasteiger partial charge >= 0.3 is 0 Å². The van der Waals surface area contributed by atoms with Gasteiger partial charge in [0.2, 0.25) is 10.0 Å². The van der Waals surface area contributed by atoms with Gasteiger partial charge in [-0.3, -0.25) is 0 Å². The van der Waals surface area contributed by atoms with Crippen LogP contribution in [0.5, 0.6) is 0 Å². The van der Waals surface area contributed by atoms with E-state index in [1.54, 1.807) is 19.2 Å². The molecule has 1 aromatic rings. The van der Waals surface area contributed by atoms with Crippen LogP contribution in [0.3, 0.4) is 0 Å². The molecule has 1 aliphatic heterocycles. The molecule has 0 saturated carbocycles. The molecule has 5 nitrogen and oxygen atoms in total. The third-order valence-electron chi connectivity index (χ3n) is 3.81. The van der Waals surface area contributed by atoms with Gasteiger partial charge in [-0.25, -0.2) is 8.42 Å². The van der Waals surface area contributed by atoms with E-state index in [0.29, 0.717) is 23.8 Å². The van der Waals surface area contributed by atoms with Gasteiger partial charge in [-0.15, -0.1) is 0 Å². The largest absolute Gasteiger partial charge is 0.384 e. The highest BCUT2D eigenvalue weighted by Gasteiger charge is 2.30. The van der Waals surface area contributed by atoms with Crippen LogP contribution in [0, 0.1) is 0 Å². The van der Waals surface area contributed by atoms with Gasteiger partial charge in [0, 0.05) is 32.8 Å². The van der Waals surface area contributed by atoms with E-state index in [1.165, 1.54) is 4.31 Å². The van der Waals surface area contributed by atoms with E-state index in [1.807, 2.05) is 12.1 Å². The maximum atomic E-state index is 12.9. The topological polar surface area (TPSA) is 58.6 Å². The molecule has 0 spiro atoms. The Hall–Kier alpha value is -1.11. The molecule has 0 atom stereocenters. The summed E-state index contributed by atoms with van der Waals surface area (Å²) in [5, 5.41) is 3.20. The van der Waals surface area contributed by atoms with Crippen molar-refractivity contribution >= 4 is 15.7 Å². The van der Waals surface area contributed by atoms with Crippen LogP contribution in [-0.2, 0) is 14.8 Å². The predicted molar refractivity (Wildman–Crippen MR) is 84.0 cm³/mol. The first-order chi connectivity index (χ1) is 10.1. The third-order valence-corrected chi connectivity index (χ3v) is 5.78. The van der Waals surface area contributed by atoms with Crippen LogP contribution in [0.2, 0.25) is 0 Å². The predicted octanol–water partition coefficient (Wildman–Crippen LogP) is 2.31. The highest BCUT2D eigenvalue weighted by molar-refractivity contribution is 7.89. The Labute approximate surface area is 127 Å². The summed E-state index contributed by atoms with van der Waals surface area (Å²) in [7, 11) is -1.82. The summed E-state index contributed by atoms with van der Waals surface area (Å²) in [6.45, 7) is 4.06. The Morgan fingerprint density at radius 3 is 2.62 bits per heavy atom. The van der Waals surface area contributed by atoms with Crippen LogP contribution < -0.4 is 5.32 Å². The normalized spacial score (nSPS) is 17.1. The molecule has 0 radical (unpaired) electrons. The van der Waals surface area contributed by atoms with Crippen molar-refractivity contribution < 1.29 is 13.2 Å². The SMILES string of the molecule is CCCNc1ccccc1S(=O)(=O)N(C)C1CCOCC1. The number of hydrogen-bond acceptors (Lipinski definition) is 4. The maximum absolute atomic E-state index is 12.9. The molecule has 1 aliphatic rings. The minimum Gasteiger partial charge on any atom is -0.384 e.